The molecule has 0 bridgehead atoms. The van der Waals surface area contributed by atoms with Gasteiger partial charge >= 0.3 is 0 Å². The van der Waals surface area contributed by atoms with Gasteiger partial charge in [0.25, 0.3) is 5.91 Å². The Kier molecular flexibility index (Phi) is 5.60. The van der Waals surface area contributed by atoms with Crippen molar-refractivity contribution in [3.05, 3.63) is 60.2 Å². The lowest BCUT2D eigenvalue weighted by molar-refractivity contribution is -0.127. The summed E-state index contributed by atoms with van der Waals surface area (Å²) in [6, 6.07) is 17.1. The van der Waals surface area contributed by atoms with Gasteiger partial charge in [-0.1, -0.05) is 42.5 Å². The van der Waals surface area contributed by atoms with Gasteiger partial charge in [0.05, 0.1) is 19.3 Å². The van der Waals surface area contributed by atoms with Crippen molar-refractivity contribution >= 4 is 11.9 Å². The van der Waals surface area contributed by atoms with Gasteiger partial charge in [0, 0.05) is 0 Å². The van der Waals surface area contributed by atoms with Gasteiger partial charge in [-0.25, -0.2) is 0 Å². The van der Waals surface area contributed by atoms with Crippen LogP contribution >= 0.6 is 0 Å². The molecule has 7 nitrogen and oxygen atoms in total. The quantitative estimate of drug-likeness (QED) is 0.682. The normalized spacial score (nSPS) is 11.8. The first kappa shape index (κ1) is 17.6. The van der Waals surface area contributed by atoms with Crippen LogP contribution in [-0.2, 0) is 16.1 Å². The Balaban J connectivity index is 1.60. The van der Waals surface area contributed by atoms with Gasteiger partial charge in [0.2, 0.25) is 5.95 Å². The van der Waals surface area contributed by atoms with E-state index in [-0.39, 0.29) is 11.9 Å². The standard InChI is InChI=1S/C19H20N4O3/c1-13(26-12-14-8-4-3-5-9-14)18(24)21-19-20-17(22-23-19)15-10-6-7-11-16(15)25-2/h3-11,13H,12H2,1-2H3,(H2,20,21,22,23,24). The third kappa shape index (κ3) is 4.25. The Bertz CT molecular complexity index is 864. The number of hydrogen-bond donors (Lipinski definition) is 2. The number of anilines is 1. The first-order valence-electron chi connectivity index (χ1n) is 8.19. The van der Waals surface area contributed by atoms with Crippen molar-refractivity contribution in [2.45, 2.75) is 19.6 Å². The van der Waals surface area contributed by atoms with Crippen LogP contribution in [0.15, 0.2) is 54.6 Å². The van der Waals surface area contributed by atoms with Gasteiger partial charge in [-0.3, -0.25) is 15.2 Å². The third-order valence-electron chi connectivity index (χ3n) is 3.79. The maximum atomic E-state index is 12.2. The third-order valence-corrected chi connectivity index (χ3v) is 3.79. The van der Waals surface area contributed by atoms with Gasteiger partial charge in [-0.15, -0.1) is 5.10 Å². The lowest BCUT2D eigenvalue weighted by Crippen LogP contribution is -2.28. The van der Waals surface area contributed by atoms with Crippen molar-refractivity contribution in [3.63, 3.8) is 0 Å². The molecule has 0 fully saturated rings. The second kappa shape index (κ2) is 8.26. The molecule has 1 heterocycles. The predicted octanol–water partition coefficient (Wildman–Crippen LogP) is 3.02. The summed E-state index contributed by atoms with van der Waals surface area (Å²) in [6.07, 6.45) is -0.636. The van der Waals surface area contributed by atoms with Gasteiger partial charge in [0.15, 0.2) is 5.82 Å². The number of hydrogen-bond acceptors (Lipinski definition) is 5. The lowest BCUT2D eigenvalue weighted by atomic mass is 10.2. The van der Waals surface area contributed by atoms with E-state index in [4.69, 9.17) is 9.47 Å². The van der Waals surface area contributed by atoms with E-state index >= 15 is 0 Å². The fourth-order valence-corrected chi connectivity index (χ4v) is 2.36. The zero-order valence-corrected chi connectivity index (χ0v) is 14.6. The van der Waals surface area contributed by atoms with Crippen LogP contribution in [0.5, 0.6) is 5.75 Å². The van der Waals surface area contributed by atoms with Gasteiger partial charge < -0.3 is 9.47 Å². The van der Waals surface area contributed by atoms with Crippen LogP contribution in [0.4, 0.5) is 5.95 Å². The molecule has 0 spiro atoms. The maximum absolute atomic E-state index is 12.2. The summed E-state index contributed by atoms with van der Waals surface area (Å²) in [6.45, 7) is 2.04. The first-order chi connectivity index (χ1) is 12.7. The molecular formula is C19H20N4O3. The summed E-state index contributed by atoms with van der Waals surface area (Å²) in [7, 11) is 1.59. The van der Waals surface area contributed by atoms with E-state index in [0.29, 0.717) is 18.2 Å². The number of aromatic amines is 1. The van der Waals surface area contributed by atoms with Crippen molar-refractivity contribution in [3.8, 4) is 17.1 Å². The molecule has 0 aliphatic heterocycles. The average molecular weight is 352 g/mol. The summed E-state index contributed by atoms with van der Waals surface area (Å²) in [5.74, 6) is 1.05. The summed E-state index contributed by atoms with van der Waals surface area (Å²) in [5, 5.41) is 9.48. The van der Waals surface area contributed by atoms with E-state index in [1.54, 1.807) is 14.0 Å². The second-order valence-corrected chi connectivity index (χ2v) is 5.64. The van der Waals surface area contributed by atoms with Crippen LogP contribution in [0.2, 0.25) is 0 Å². The Morgan fingerprint density at radius 3 is 2.65 bits per heavy atom. The zero-order valence-electron chi connectivity index (χ0n) is 14.6. The van der Waals surface area contributed by atoms with Crippen molar-refractivity contribution in [1.82, 2.24) is 15.2 Å². The molecule has 7 heteroatoms. The molecule has 1 aromatic heterocycles. The highest BCUT2D eigenvalue weighted by Gasteiger charge is 2.17. The van der Waals surface area contributed by atoms with Crippen LogP contribution in [0.25, 0.3) is 11.4 Å². The molecule has 0 aliphatic carbocycles. The fourth-order valence-electron chi connectivity index (χ4n) is 2.36. The highest BCUT2D eigenvalue weighted by Crippen LogP contribution is 2.27. The van der Waals surface area contributed by atoms with Gasteiger partial charge in [0.1, 0.15) is 11.9 Å². The average Bonchev–Trinajstić information content (AvgIpc) is 3.15. The molecule has 3 aromatic rings. The Labute approximate surface area is 151 Å². The second-order valence-electron chi connectivity index (χ2n) is 5.64. The topological polar surface area (TPSA) is 89.1 Å². The monoisotopic (exact) mass is 352 g/mol. The maximum Gasteiger partial charge on any atom is 0.255 e. The van der Waals surface area contributed by atoms with Crippen LogP contribution in [0.3, 0.4) is 0 Å². The Morgan fingerprint density at radius 2 is 1.88 bits per heavy atom. The van der Waals surface area contributed by atoms with Gasteiger partial charge in [-0.05, 0) is 24.6 Å². The molecule has 1 amide bonds. The molecule has 0 saturated heterocycles. The number of H-pyrrole nitrogens is 1. The fraction of sp³-hybridized carbons (Fsp3) is 0.211. The number of benzene rings is 2. The molecule has 26 heavy (non-hydrogen) atoms. The molecule has 1 unspecified atom stereocenters. The van der Waals surface area contributed by atoms with Crippen molar-refractivity contribution < 1.29 is 14.3 Å². The minimum atomic E-state index is -0.636. The highest BCUT2D eigenvalue weighted by molar-refractivity contribution is 5.92. The SMILES string of the molecule is COc1ccccc1-c1nc(NC(=O)C(C)OCc2ccccc2)n[nH]1. The molecule has 0 aliphatic rings. The van der Waals surface area contributed by atoms with Crippen LogP contribution in [-0.4, -0.2) is 34.3 Å². The first-order valence-corrected chi connectivity index (χ1v) is 8.19. The number of amides is 1. The number of para-hydroxylation sites is 1. The van der Waals surface area contributed by atoms with Gasteiger partial charge in [-0.2, -0.15) is 4.98 Å². The molecule has 2 aromatic carbocycles. The molecule has 3 rings (SSSR count). The molecule has 0 radical (unpaired) electrons. The minimum absolute atomic E-state index is 0.186. The van der Waals surface area contributed by atoms with Crippen LogP contribution in [0.1, 0.15) is 12.5 Å². The molecule has 0 saturated carbocycles. The summed E-state index contributed by atoms with van der Waals surface area (Å²) >= 11 is 0. The van der Waals surface area contributed by atoms with Crippen molar-refractivity contribution in [2.24, 2.45) is 0 Å². The number of methoxy groups -OCH3 is 1. The summed E-state index contributed by atoms with van der Waals surface area (Å²) in [4.78, 5) is 16.5. The van der Waals surface area contributed by atoms with E-state index in [2.05, 4.69) is 20.5 Å². The number of ether oxygens (including phenoxy) is 2. The molecule has 134 valence electrons. The van der Waals surface area contributed by atoms with E-state index in [9.17, 15) is 4.79 Å². The number of rotatable bonds is 7. The number of carbonyl (C=O) groups excluding carboxylic acids is 1. The zero-order chi connectivity index (χ0) is 18.4. The van der Waals surface area contributed by atoms with E-state index in [0.717, 1.165) is 11.1 Å². The smallest absolute Gasteiger partial charge is 0.255 e. The van der Waals surface area contributed by atoms with E-state index in [1.165, 1.54) is 0 Å². The van der Waals surface area contributed by atoms with Crippen LogP contribution in [0, 0.1) is 0 Å². The van der Waals surface area contributed by atoms with Crippen molar-refractivity contribution in [2.75, 3.05) is 12.4 Å². The molecule has 2 N–H and O–H groups in total. The van der Waals surface area contributed by atoms with E-state index < -0.39 is 6.10 Å². The number of aromatic nitrogens is 3. The minimum Gasteiger partial charge on any atom is -0.496 e. The number of carbonyl (C=O) groups is 1. The Morgan fingerprint density at radius 1 is 1.15 bits per heavy atom. The van der Waals surface area contributed by atoms with Crippen molar-refractivity contribution in [1.29, 1.82) is 0 Å². The van der Waals surface area contributed by atoms with Crippen LogP contribution < -0.4 is 10.1 Å². The predicted molar refractivity (Wildman–Crippen MR) is 97.7 cm³/mol. The molecule has 1 atom stereocenters. The largest absolute Gasteiger partial charge is 0.496 e. The molecular weight excluding hydrogens is 332 g/mol. The highest BCUT2D eigenvalue weighted by atomic mass is 16.5. The lowest BCUT2D eigenvalue weighted by Gasteiger charge is -2.11. The Hall–Kier alpha value is -3.19. The summed E-state index contributed by atoms with van der Waals surface area (Å²) < 4.78 is 10.9. The number of nitrogens with one attached hydrogen (secondary N) is 2. The number of nitrogens with zero attached hydrogens (tertiary/aromatic N) is 2. The van der Waals surface area contributed by atoms with E-state index in [1.807, 2.05) is 54.6 Å². The summed E-state index contributed by atoms with van der Waals surface area (Å²) in [5.41, 5.74) is 1.76.